The van der Waals surface area contributed by atoms with Gasteiger partial charge >= 0.3 is 0 Å². The van der Waals surface area contributed by atoms with Gasteiger partial charge in [0.05, 0.1) is 6.20 Å². The maximum absolute atomic E-state index is 12.1. The first kappa shape index (κ1) is 13.8. The van der Waals surface area contributed by atoms with Crippen LogP contribution >= 0.6 is 11.3 Å². The van der Waals surface area contributed by atoms with Crippen LogP contribution in [0.15, 0.2) is 46.9 Å². The van der Waals surface area contributed by atoms with Crippen LogP contribution < -0.4 is 4.72 Å². The van der Waals surface area contributed by atoms with Crippen molar-refractivity contribution in [3.05, 3.63) is 47.7 Å². The van der Waals surface area contributed by atoms with Gasteiger partial charge in [-0.25, -0.2) is 13.4 Å². The van der Waals surface area contributed by atoms with Crippen molar-refractivity contribution in [3.63, 3.8) is 0 Å². The van der Waals surface area contributed by atoms with Gasteiger partial charge in [-0.1, -0.05) is 12.1 Å². The Hall–Kier alpha value is -2.19. The molecule has 0 bridgehead atoms. The fraction of sp³-hybridized carbons (Fsp3) is 0.0769. The number of sulfonamides is 1. The lowest BCUT2D eigenvalue weighted by molar-refractivity contribution is 0.601. The van der Waals surface area contributed by atoms with Gasteiger partial charge in [0, 0.05) is 28.5 Å². The van der Waals surface area contributed by atoms with E-state index in [1.165, 1.54) is 23.7 Å². The summed E-state index contributed by atoms with van der Waals surface area (Å²) in [6.07, 6.45) is 2.59. The first-order valence-corrected chi connectivity index (χ1v) is 8.45. The summed E-state index contributed by atoms with van der Waals surface area (Å²) in [5.74, 6) is 0. The Balaban J connectivity index is 1.91. The predicted octanol–water partition coefficient (Wildman–Crippen LogP) is 2.64. The molecule has 0 spiro atoms. The molecule has 0 radical (unpaired) electrons. The minimum absolute atomic E-state index is 0.0954. The Morgan fingerprint density at radius 1 is 1.33 bits per heavy atom. The molecule has 0 unspecified atom stereocenters. The molecule has 3 rings (SSSR count). The maximum Gasteiger partial charge on any atom is 0.265 e. The minimum Gasteiger partial charge on any atom is -0.284 e. The van der Waals surface area contributed by atoms with Crippen molar-refractivity contribution < 1.29 is 8.42 Å². The van der Waals surface area contributed by atoms with Gasteiger partial charge in [-0.2, -0.15) is 5.10 Å². The molecule has 0 saturated carbocycles. The van der Waals surface area contributed by atoms with Crippen LogP contribution in [0.2, 0.25) is 0 Å². The van der Waals surface area contributed by atoms with Gasteiger partial charge in [0.15, 0.2) is 0 Å². The standard InChI is InChI=1S/C13H12N4O2S2/c1-9-8-20-13(16-9)10-3-2-4-11(5-10)17-21(18,19)12-6-14-15-7-12/h2-8,17H,1H3,(H,14,15). The van der Waals surface area contributed by atoms with Crippen LogP contribution in [0, 0.1) is 6.92 Å². The third kappa shape index (κ3) is 2.96. The third-order valence-corrected chi connectivity index (χ3v) is 5.12. The molecule has 0 amide bonds. The first-order valence-electron chi connectivity index (χ1n) is 6.09. The zero-order valence-corrected chi connectivity index (χ0v) is 12.7. The van der Waals surface area contributed by atoms with Crippen LogP contribution in [-0.2, 0) is 10.0 Å². The predicted molar refractivity (Wildman–Crippen MR) is 81.7 cm³/mol. The number of thiazole rings is 1. The Kier molecular flexibility index (Phi) is 3.48. The van der Waals surface area contributed by atoms with Crippen molar-refractivity contribution in [2.45, 2.75) is 11.8 Å². The molecule has 0 aliphatic rings. The highest BCUT2D eigenvalue weighted by Gasteiger charge is 2.15. The number of H-pyrrole nitrogens is 1. The van der Waals surface area contributed by atoms with Crippen molar-refractivity contribution >= 4 is 27.0 Å². The monoisotopic (exact) mass is 320 g/mol. The number of nitrogens with zero attached hydrogens (tertiary/aromatic N) is 2. The van der Waals surface area contributed by atoms with E-state index in [-0.39, 0.29) is 4.90 Å². The van der Waals surface area contributed by atoms with Crippen LogP contribution in [0.1, 0.15) is 5.69 Å². The van der Waals surface area contributed by atoms with Crippen molar-refractivity contribution in [1.82, 2.24) is 15.2 Å². The van der Waals surface area contributed by atoms with Crippen molar-refractivity contribution in [1.29, 1.82) is 0 Å². The fourth-order valence-corrected chi connectivity index (χ4v) is 3.55. The van der Waals surface area contributed by atoms with Gasteiger partial charge in [-0.3, -0.25) is 9.82 Å². The Morgan fingerprint density at radius 2 is 2.19 bits per heavy atom. The molecule has 21 heavy (non-hydrogen) atoms. The van der Waals surface area contributed by atoms with Gasteiger partial charge in [0.1, 0.15) is 9.90 Å². The molecule has 3 aromatic rings. The van der Waals surface area contributed by atoms with Gasteiger partial charge in [-0.15, -0.1) is 11.3 Å². The minimum atomic E-state index is -3.62. The summed E-state index contributed by atoms with van der Waals surface area (Å²) in [6.45, 7) is 1.92. The molecule has 0 saturated heterocycles. The number of aromatic nitrogens is 3. The van der Waals surface area contributed by atoms with E-state index in [9.17, 15) is 8.42 Å². The molecule has 2 N–H and O–H groups in total. The van der Waals surface area contributed by atoms with Crippen LogP contribution in [0.3, 0.4) is 0 Å². The molecule has 0 atom stereocenters. The van der Waals surface area contributed by atoms with Crippen molar-refractivity contribution in [2.75, 3.05) is 4.72 Å². The summed E-state index contributed by atoms with van der Waals surface area (Å²) in [5, 5.41) is 8.94. The second-order valence-electron chi connectivity index (χ2n) is 4.41. The average Bonchev–Trinajstić information content (AvgIpc) is 3.09. The molecule has 0 aliphatic carbocycles. The third-order valence-electron chi connectivity index (χ3n) is 2.76. The van der Waals surface area contributed by atoms with E-state index in [4.69, 9.17) is 0 Å². The van der Waals surface area contributed by atoms with Gasteiger partial charge in [0.25, 0.3) is 10.0 Å². The van der Waals surface area contributed by atoms with Crippen LogP contribution in [0.5, 0.6) is 0 Å². The molecule has 6 nitrogen and oxygen atoms in total. The number of aryl methyl sites for hydroxylation is 1. The van der Waals surface area contributed by atoms with Crippen LogP contribution in [-0.4, -0.2) is 23.6 Å². The Labute approximate surface area is 125 Å². The SMILES string of the molecule is Cc1csc(-c2cccc(NS(=O)(=O)c3cn[nH]c3)c2)n1. The number of hydrogen-bond acceptors (Lipinski definition) is 5. The van der Waals surface area contributed by atoms with E-state index in [0.717, 1.165) is 16.3 Å². The lowest BCUT2D eigenvalue weighted by Gasteiger charge is -2.07. The molecule has 0 aliphatic heterocycles. The summed E-state index contributed by atoms with van der Waals surface area (Å²) in [5.41, 5.74) is 2.31. The van der Waals surface area contributed by atoms with Gasteiger partial charge in [0.2, 0.25) is 0 Å². The molecule has 1 aromatic carbocycles. The van der Waals surface area contributed by atoms with E-state index in [2.05, 4.69) is 19.9 Å². The number of benzene rings is 1. The molecular weight excluding hydrogens is 308 g/mol. The summed E-state index contributed by atoms with van der Waals surface area (Å²) < 4.78 is 26.8. The number of rotatable bonds is 4. The molecule has 2 heterocycles. The molecule has 0 fully saturated rings. The summed E-state index contributed by atoms with van der Waals surface area (Å²) in [4.78, 5) is 4.49. The fourth-order valence-electron chi connectivity index (χ4n) is 1.80. The second-order valence-corrected chi connectivity index (χ2v) is 6.95. The lowest BCUT2D eigenvalue weighted by Crippen LogP contribution is -2.12. The average molecular weight is 320 g/mol. The highest BCUT2D eigenvalue weighted by molar-refractivity contribution is 7.92. The van der Waals surface area contributed by atoms with E-state index in [1.807, 2.05) is 18.4 Å². The van der Waals surface area contributed by atoms with Crippen LogP contribution in [0.4, 0.5) is 5.69 Å². The zero-order chi connectivity index (χ0) is 14.9. The van der Waals surface area contributed by atoms with Crippen molar-refractivity contribution in [2.24, 2.45) is 0 Å². The molecule has 108 valence electrons. The number of hydrogen-bond donors (Lipinski definition) is 2. The first-order chi connectivity index (χ1) is 10.0. The topological polar surface area (TPSA) is 87.7 Å². The Bertz CT molecular complexity index is 854. The van der Waals surface area contributed by atoms with Gasteiger partial charge < -0.3 is 0 Å². The number of nitrogens with one attached hydrogen (secondary N) is 2. The smallest absolute Gasteiger partial charge is 0.265 e. The van der Waals surface area contributed by atoms with E-state index >= 15 is 0 Å². The number of anilines is 1. The van der Waals surface area contributed by atoms with E-state index < -0.39 is 10.0 Å². The lowest BCUT2D eigenvalue weighted by atomic mass is 10.2. The van der Waals surface area contributed by atoms with Crippen molar-refractivity contribution in [3.8, 4) is 10.6 Å². The molecule has 2 aromatic heterocycles. The normalized spacial score (nSPS) is 11.5. The maximum atomic E-state index is 12.1. The van der Waals surface area contributed by atoms with Gasteiger partial charge in [-0.05, 0) is 19.1 Å². The highest BCUT2D eigenvalue weighted by atomic mass is 32.2. The quantitative estimate of drug-likeness (QED) is 0.773. The number of aromatic amines is 1. The highest BCUT2D eigenvalue weighted by Crippen LogP contribution is 2.26. The summed E-state index contributed by atoms with van der Waals surface area (Å²) >= 11 is 1.52. The summed E-state index contributed by atoms with van der Waals surface area (Å²) in [7, 11) is -3.62. The molecular formula is C13H12N4O2S2. The second kappa shape index (κ2) is 5.30. The Morgan fingerprint density at radius 3 is 2.86 bits per heavy atom. The summed E-state index contributed by atoms with van der Waals surface area (Å²) in [6, 6.07) is 7.14. The van der Waals surface area contributed by atoms with E-state index in [0.29, 0.717) is 5.69 Å². The largest absolute Gasteiger partial charge is 0.284 e. The zero-order valence-electron chi connectivity index (χ0n) is 11.1. The molecule has 8 heteroatoms. The van der Waals surface area contributed by atoms with E-state index in [1.54, 1.807) is 18.2 Å². The van der Waals surface area contributed by atoms with Crippen LogP contribution in [0.25, 0.3) is 10.6 Å².